The Bertz CT molecular complexity index is 648. The maximum atomic E-state index is 11.7. The first kappa shape index (κ1) is 13.5. The molecule has 1 aromatic heterocycles. The van der Waals surface area contributed by atoms with Crippen LogP contribution >= 0.6 is 0 Å². The predicted octanol–water partition coefficient (Wildman–Crippen LogP) is 1.95. The SMILES string of the molecule is C=CCNS(=O)(=O)Cc1cc(-c2ccccc2)no1. The van der Waals surface area contributed by atoms with Gasteiger partial charge in [0, 0.05) is 18.2 Å². The molecule has 0 spiro atoms. The van der Waals surface area contributed by atoms with Gasteiger partial charge in [0.15, 0.2) is 5.76 Å². The summed E-state index contributed by atoms with van der Waals surface area (Å²) in [7, 11) is -3.42. The molecule has 0 aliphatic heterocycles. The molecule has 19 heavy (non-hydrogen) atoms. The Hall–Kier alpha value is -1.92. The number of aromatic nitrogens is 1. The monoisotopic (exact) mass is 278 g/mol. The van der Waals surface area contributed by atoms with Crippen LogP contribution in [0.15, 0.2) is 53.6 Å². The number of sulfonamides is 1. The van der Waals surface area contributed by atoms with Crippen molar-refractivity contribution in [3.8, 4) is 11.3 Å². The molecule has 0 amide bonds. The Kier molecular flexibility index (Phi) is 4.13. The maximum Gasteiger partial charge on any atom is 0.219 e. The third-order valence-electron chi connectivity index (χ3n) is 2.41. The molecule has 0 atom stereocenters. The molecule has 100 valence electrons. The van der Waals surface area contributed by atoms with Crippen LogP contribution in [0.3, 0.4) is 0 Å². The van der Waals surface area contributed by atoms with E-state index >= 15 is 0 Å². The van der Waals surface area contributed by atoms with Gasteiger partial charge in [-0.15, -0.1) is 6.58 Å². The van der Waals surface area contributed by atoms with Gasteiger partial charge in [-0.25, -0.2) is 13.1 Å². The third-order valence-corrected chi connectivity index (χ3v) is 3.68. The first-order valence-corrected chi connectivity index (χ1v) is 7.35. The highest BCUT2D eigenvalue weighted by Gasteiger charge is 2.15. The van der Waals surface area contributed by atoms with Gasteiger partial charge in [0.25, 0.3) is 0 Å². The molecule has 0 fully saturated rings. The van der Waals surface area contributed by atoms with Crippen LogP contribution in [0, 0.1) is 0 Å². The summed E-state index contributed by atoms with van der Waals surface area (Å²) < 4.78 is 30.7. The molecule has 1 aromatic carbocycles. The van der Waals surface area contributed by atoms with E-state index in [2.05, 4.69) is 16.5 Å². The quantitative estimate of drug-likeness (QED) is 0.820. The molecule has 0 saturated heterocycles. The summed E-state index contributed by atoms with van der Waals surface area (Å²) >= 11 is 0. The lowest BCUT2D eigenvalue weighted by atomic mass is 10.1. The smallest absolute Gasteiger partial charge is 0.219 e. The van der Waals surface area contributed by atoms with Gasteiger partial charge in [0.2, 0.25) is 10.0 Å². The molecule has 2 rings (SSSR count). The van der Waals surface area contributed by atoms with Crippen molar-refractivity contribution in [1.29, 1.82) is 0 Å². The summed E-state index contributed by atoms with van der Waals surface area (Å²) in [4.78, 5) is 0. The minimum Gasteiger partial charge on any atom is -0.360 e. The summed E-state index contributed by atoms with van der Waals surface area (Å²) in [5.74, 6) is 0.0659. The van der Waals surface area contributed by atoms with Crippen molar-refractivity contribution in [3.05, 3.63) is 54.8 Å². The second-order valence-corrected chi connectivity index (χ2v) is 5.75. The number of nitrogens with one attached hydrogen (secondary N) is 1. The summed E-state index contributed by atoms with van der Waals surface area (Å²) in [5.41, 5.74) is 1.50. The number of nitrogens with zero attached hydrogens (tertiary/aromatic N) is 1. The van der Waals surface area contributed by atoms with Crippen LogP contribution in [-0.2, 0) is 15.8 Å². The van der Waals surface area contributed by atoms with E-state index in [-0.39, 0.29) is 12.3 Å². The Morgan fingerprint density at radius 3 is 2.74 bits per heavy atom. The highest BCUT2D eigenvalue weighted by Crippen LogP contribution is 2.19. The van der Waals surface area contributed by atoms with Crippen molar-refractivity contribution < 1.29 is 12.9 Å². The summed E-state index contributed by atoms with van der Waals surface area (Å²) in [6.45, 7) is 3.65. The molecule has 6 heteroatoms. The zero-order valence-electron chi connectivity index (χ0n) is 10.2. The zero-order valence-corrected chi connectivity index (χ0v) is 11.1. The maximum absolute atomic E-state index is 11.7. The van der Waals surface area contributed by atoms with E-state index in [1.165, 1.54) is 6.08 Å². The van der Waals surface area contributed by atoms with Gasteiger partial charge in [-0.2, -0.15) is 0 Å². The Morgan fingerprint density at radius 2 is 2.05 bits per heavy atom. The summed E-state index contributed by atoms with van der Waals surface area (Å²) in [5, 5.41) is 3.86. The molecule has 5 nitrogen and oxygen atoms in total. The lowest BCUT2D eigenvalue weighted by molar-refractivity contribution is 0.394. The standard InChI is InChI=1S/C13H14N2O3S/c1-2-8-14-19(16,17)10-12-9-13(15-18-12)11-6-4-3-5-7-11/h2-7,9,14H,1,8,10H2. The van der Waals surface area contributed by atoms with Crippen LogP contribution in [0.5, 0.6) is 0 Å². The van der Waals surface area contributed by atoms with E-state index in [1.54, 1.807) is 6.07 Å². The first-order chi connectivity index (χ1) is 9.11. The largest absolute Gasteiger partial charge is 0.360 e. The molecule has 0 radical (unpaired) electrons. The van der Waals surface area contributed by atoms with E-state index in [1.807, 2.05) is 30.3 Å². The second kappa shape index (κ2) is 5.81. The lowest BCUT2D eigenvalue weighted by Crippen LogP contribution is -2.24. The minimum absolute atomic E-state index is 0.196. The first-order valence-electron chi connectivity index (χ1n) is 5.70. The van der Waals surface area contributed by atoms with Gasteiger partial charge in [0.1, 0.15) is 11.4 Å². The average molecular weight is 278 g/mol. The van der Waals surface area contributed by atoms with Gasteiger partial charge in [-0.1, -0.05) is 41.6 Å². The van der Waals surface area contributed by atoms with Crippen LogP contribution in [0.2, 0.25) is 0 Å². The van der Waals surface area contributed by atoms with Crippen molar-refractivity contribution >= 4 is 10.0 Å². The van der Waals surface area contributed by atoms with E-state index in [0.29, 0.717) is 11.5 Å². The molecule has 0 aliphatic rings. The normalized spacial score (nSPS) is 11.4. The topological polar surface area (TPSA) is 72.2 Å². The van der Waals surface area contributed by atoms with E-state index in [0.717, 1.165) is 5.56 Å². The molecule has 0 unspecified atom stereocenters. The second-order valence-electron chi connectivity index (χ2n) is 3.94. The molecular weight excluding hydrogens is 264 g/mol. The zero-order chi connectivity index (χ0) is 13.7. The average Bonchev–Trinajstić information content (AvgIpc) is 2.85. The van der Waals surface area contributed by atoms with Gasteiger partial charge < -0.3 is 4.52 Å². The fourth-order valence-corrected chi connectivity index (χ4v) is 2.53. The van der Waals surface area contributed by atoms with Gasteiger partial charge >= 0.3 is 0 Å². The van der Waals surface area contributed by atoms with Crippen molar-refractivity contribution in [2.45, 2.75) is 5.75 Å². The molecule has 1 N–H and O–H groups in total. The highest BCUT2D eigenvalue weighted by atomic mass is 32.2. The molecule has 0 saturated carbocycles. The molecule has 1 heterocycles. The summed E-state index contributed by atoms with van der Waals surface area (Å²) in [6, 6.07) is 11.0. The van der Waals surface area contributed by atoms with Crippen LogP contribution in [0.25, 0.3) is 11.3 Å². The lowest BCUT2D eigenvalue weighted by Gasteiger charge is -2.00. The molecule has 0 aliphatic carbocycles. The highest BCUT2D eigenvalue weighted by molar-refractivity contribution is 7.88. The van der Waals surface area contributed by atoms with Gasteiger partial charge in [-0.05, 0) is 0 Å². The molecular formula is C13H14N2O3S. The van der Waals surface area contributed by atoms with E-state index in [4.69, 9.17) is 4.52 Å². The fourth-order valence-electron chi connectivity index (χ4n) is 1.55. The van der Waals surface area contributed by atoms with Crippen LogP contribution in [0.1, 0.15) is 5.76 Å². The van der Waals surface area contributed by atoms with Gasteiger partial charge in [0.05, 0.1) is 0 Å². The fraction of sp³-hybridized carbons (Fsp3) is 0.154. The number of hydrogen-bond acceptors (Lipinski definition) is 4. The van der Waals surface area contributed by atoms with Crippen molar-refractivity contribution in [1.82, 2.24) is 9.88 Å². The van der Waals surface area contributed by atoms with Crippen LogP contribution in [-0.4, -0.2) is 20.1 Å². The Morgan fingerprint density at radius 1 is 1.32 bits per heavy atom. The number of benzene rings is 1. The number of hydrogen-bond donors (Lipinski definition) is 1. The predicted molar refractivity (Wildman–Crippen MR) is 72.8 cm³/mol. The van der Waals surface area contributed by atoms with E-state index in [9.17, 15) is 8.42 Å². The third kappa shape index (κ3) is 3.77. The van der Waals surface area contributed by atoms with Crippen molar-refractivity contribution in [3.63, 3.8) is 0 Å². The van der Waals surface area contributed by atoms with Crippen LogP contribution in [0.4, 0.5) is 0 Å². The minimum atomic E-state index is -3.42. The van der Waals surface area contributed by atoms with Crippen LogP contribution < -0.4 is 4.72 Å². The van der Waals surface area contributed by atoms with E-state index < -0.39 is 10.0 Å². The Labute approximate surface area is 112 Å². The molecule has 0 bridgehead atoms. The van der Waals surface area contributed by atoms with Gasteiger partial charge in [-0.3, -0.25) is 0 Å². The van der Waals surface area contributed by atoms with Crippen molar-refractivity contribution in [2.75, 3.05) is 6.54 Å². The Balaban J connectivity index is 2.12. The number of rotatable bonds is 6. The van der Waals surface area contributed by atoms with Crippen molar-refractivity contribution in [2.24, 2.45) is 0 Å². The molecule has 2 aromatic rings. The summed E-state index contributed by atoms with van der Waals surface area (Å²) in [6.07, 6.45) is 1.48.